The van der Waals surface area contributed by atoms with Gasteiger partial charge in [-0.05, 0) is 85.8 Å². The molecule has 0 radical (unpaired) electrons. The first kappa shape index (κ1) is 42.3. The zero-order valence-electron chi connectivity index (χ0n) is 37.9. The molecule has 8 nitrogen and oxygen atoms in total. The van der Waals surface area contributed by atoms with Crippen molar-refractivity contribution in [2.45, 2.75) is 129 Å². The summed E-state index contributed by atoms with van der Waals surface area (Å²) < 4.78 is 28.4. The van der Waals surface area contributed by atoms with Crippen LogP contribution in [0.5, 0.6) is 11.5 Å². The predicted octanol–water partition coefficient (Wildman–Crippen LogP) is 8.29. The van der Waals surface area contributed by atoms with Crippen LogP contribution < -0.4 is 27.7 Å². The summed E-state index contributed by atoms with van der Waals surface area (Å²) in [5, 5.41) is 0. The summed E-state index contributed by atoms with van der Waals surface area (Å²) in [5.74, 6) is 2.71. The van der Waals surface area contributed by atoms with Gasteiger partial charge < -0.3 is 9.47 Å². The fraction of sp³-hybridized carbons (Fsp3) is 0.382. The molecular weight excluding hydrogens is 777 g/mol. The molecule has 3 aliphatic heterocycles. The normalized spacial score (nSPS) is 16.9. The van der Waals surface area contributed by atoms with Crippen molar-refractivity contribution in [1.82, 2.24) is 0 Å². The topological polar surface area (TPSA) is 40.0 Å². The number of aryl methyl sites for hydroxylation is 6. The minimum atomic E-state index is -1.10. The first-order chi connectivity index (χ1) is 30.7. The highest BCUT2D eigenvalue weighted by atomic mass is 16.7. The lowest BCUT2D eigenvalue weighted by atomic mass is 9.87. The van der Waals surface area contributed by atoms with E-state index in [-0.39, 0.29) is 5.54 Å². The van der Waals surface area contributed by atoms with E-state index in [0.717, 1.165) is 118 Å². The van der Waals surface area contributed by atoms with Gasteiger partial charge in [0.2, 0.25) is 12.1 Å². The van der Waals surface area contributed by atoms with Gasteiger partial charge in [-0.15, -0.1) is 0 Å². The Morgan fingerprint density at radius 1 is 0.476 bits per heavy atom. The summed E-state index contributed by atoms with van der Waals surface area (Å²) in [7, 11) is 0. The Hall–Kier alpha value is -6.02. The Morgan fingerprint density at radius 2 is 0.825 bits per heavy atom. The molecule has 2 aromatic carbocycles. The summed E-state index contributed by atoms with van der Waals surface area (Å²) in [5.41, 5.74) is 7.14. The number of aromatic nitrogens is 4. The van der Waals surface area contributed by atoms with Crippen molar-refractivity contribution >= 4 is 12.4 Å². The maximum absolute atomic E-state index is 7.26. The van der Waals surface area contributed by atoms with E-state index in [2.05, 4.69) is 214 Å². The number of hydrogen-bond acceptors (Lipinski definition) is 2. The largest absolute Gasteiger partial charge is 0.704 e. The fourth-order valence-electron chi connectivity index (χ4n) is 10.3. The maximum Gasteiger partial charge on any atom is 0.704 e. The molecule has 1 saturated heterocycles. The highest BCUT2D eigenvalue weighted by Crippen LogP contribution is 2.45. The van der Waals surface area contributed by atoms with Crippen LogP contribution in [0.1, 0.15) is 110 Å². The van der Waals surface area contributed by atoms with Crippen LogP contribution in [0.4, 0.5) is 0 Å². The van der Waals surface area contributed by atoms with Crippen molar-refractivity contribution in [3.05, 3.63) is 180 Å². The molecule has 0 saturated carbocycles. The first-order valence-electron chi connectivity index (χ1n) is 23.4. The van der Waals surface area contributed by atoms with Crippen molar-refractivity contribution in [2.24, 2.45) is 0 Å². The summed E-state index contributed by atoms with van der Waals surface area (Å²) in [6.07, 6.45) is 31.1. The molecule has 4 aromatic heterocycles. The third kappa shape index (κ3) is 9.51. The summed E-state index contributed by atoms with van der Waals surface area (Å²) >= 11 is 0. The van der Waals surface area contributed by atoms with Gasteiger partial charge in [0.05, 0.1) is 11.1 Å². The number of nitrogens with zero attached hydrogens (tertiary/aromatic N) is 6. The lowest BCUT2D eigenvalue weighted by Gasteiger charge is -2.30. The fourth-order valence-corrected chi connectivity index (χ4v) is 10.3. The van der Waals surface area contributed by atoms with Gasteiger partial charge in [0.15, 0.2) is 73.5 Å². The smallest absolute Gasteiger partial charge is 0.340 e. The van der Waals surface area contributed by atoms with Crippen molar-refractivity contribution in [3.63, 3.8) is 0 Å². The second-order valence-corrected chi connectivity index (χ2v) is 18.7. The van der Waals surface area contributed by atoms with E-state index in [1.165, 1.54) is 11.1 Å². The first-order valence-corrected chi connectivity index (χ1v) is 23.4. The molecule has 0 aliphatic carbocycles. The minimum Gasteiger partial charge on any atom is -0.340 e. The Labute approximate surface area is 374 Å². The summed E-state index contributed by atoms with van der Waals surface area (Å²) in [6.45, 7) is 13.9. The number of pyridine rings is 4. The standard InChI is InChI=1S/C55H66N6O2/c1-44-37-48(46(21-17-33-56-25-9-5-10-26-56)22-18-34-57-27-11-6-12-28-57)39-50-41-60-43-54(3,4)61-42-51-40-49(38-45(2)53(51)63-55(60,61)62-52(44)50)47(23-19-35-58-29-13-7-14-30-58)24-20-36-59-31-15-8-16-32-59/h5-16,25-32,37-42,46-47H,17-24,33-36,43H2,1-4H3/q+6. The van der Waals surface area contributed by atoms with Crippen molar-refractivity contribution < 1.29 is 36.9 Å². The lowest BCUT2D eigenvalue weighted by molar-refractivity contribution is -0.867. The van der Waals surface area contributed by atoms with E-state index < -0.39 is 6.03 Å². The van der Waals surface area contributed by atoms with Gasteiger partial charge in [0, 0.05) is 88.1 Å². The van der Waals surface area contributed by atoms with Gasteiger partial charge in [0.25, 0.3) is 0 Å². The SMILES string of the molecule is Cc1cc(C(CCC[n+]2ccccc2)CCC[n+]2ccccc2)cc2c1OC13Oc4c(C)cc(C(CCC[n+]5ccccc5)CCC[n+]5ccccc5)cc4C=[N+]1C(C)(C)C[N+]3=C2. The molecule has 1 unspecified atom stereocenters. The molecule has 1 fully saturated rings. The molecule has 1 atom stereocenters. The van der Waals surface area contributed by atoms with Crippen LogP contribution in [-0.4, -0.2) is 39.7 Å². The number of ether oxygens (including phenoxy) is 2. The second kappa shape index (κ2) is 18.8. The highest BCUT2D eigenvalue weighted by molar-refractivity contribution is 5.84. The molecule has 0 amide bonds. The highest BCUT2D eigenvalue weighted by Gasteiger charge is 2.75. The predicted molar refractivity (Wildman–Crippen MR) is 245 cm³/mol. The van der Waals surface area contributed by atoms with Gasteiger partial charge in [-0.2, -0.15) is 0 Å². The second-order valence-electron chi connectivity index (χ2n) is 18.7. The molecule has 3 aliphatic rings. The number of benzene rings is 2. The molecule has 63 heavy (non-hydrogen) atoms. The van der Waals surface area contributed by atoms with Crippen LogP contribution in [0.3, 0.4) is 0 Å². The van der Waals surface area contributed by atoms with Gasteiger partial charge in [-0.25, -0.2) is 18.3 Å². The summed E-state index contributed by atoms with van der Waals surface area (Å²) in [4.78, 5) is 0. The third-order valence-corrected chi connectivity index (χ3v) is 13.5. The number of rotatable bonds is 18. The molecule has 7 heterocycles. The Bertz CT molecular complexity index is 2460. The van der Waals surface area contributed by atoms with E-state index in [1.54, 1.807) is 0 Å². The minimum absolute atomic E-state index is 0.247. The van der Waals surface area contributed by atoms with Gasteiger partial charge in [0.1, 0.15) is 26.2 Å². The average Bonchev–Trinajstić information content (AvgIpc) is 3.52. The van der Waals surface area contributed by atoms with E-state index in [0.29, 0.717) is 11.8 Å². The van der Waals surface area contributed by atoms with E-state index >= 15 is 0 Å². The number of hydrogen-bond donors (Lipinski definition) is 0. The van der Waals surface area contributed by atoms with Gasteiger partial charge in [-0.1, -0.05) is 45.5 Å². The van der Waals surface area contributed by atoms with E-state index in [1.807, 2.05) is 0 Å². The van der Waals surface area contributed by atoms with Crippen molar-refractivity contribution in [2.75, 3.05) is 6.54 Å². The molecule has 8 heteroatoms. The van der Waals surface area contributed by atoms with E-state index in [9.17, 15) is 0 Å². The Balaban J connectivity index is 0.981. The van der Waals surface area contributed by atoms with Crippen LogP contribution in [0.25, 0.3) is 0 Å². The van der Waals surface area contributed by atoms with Crippen molar-refractivity contribution in [3.8, 4) is 11.5 Å². The Kier molecular flexibility index (Phi) is 12.6. The molecule has 1 spiro atoms. The molecular formula is C55H66N6O2+6. The van der Waals surface area contributed by atoms with Gasteiger partial charge in [-0.3, -0.25) is 0 Å². The molecule has 6 aromatic rings. The van der Waals surface area contributed by atoms with Crippen LogP contribution in [0.15, 0.2) is 147 Å². The lowest BCUT2D eigenvalue weighted by Crippen LogP contribution is -2.61. The molecule has 0 bridgehead atoms. The quantitative estimate of drug-likeness (QED) is 0.0818. The molecule has 322 valence electrons. The molecule has 0 N–H and O–H groups in total. The van der Waals surface area contributed by atoms with Crippen LogP contribution in [0, 0.1) is 13.8 Å². The molecule has 9 rings (SSSR count). The van der Waals surface area contributed by atoms with Crippen LogP contribution in [0.2, 0.25) is 0 Å². The van der Waals surface area contributed by atoms with Crippen LogP contribution >= 0.6 is 0 Å². The number of fused-ring (bicyclic) bond motifs is 2. The third-order valence-electron chi connectivity index (χ3n) is 13.5. The zero-order valence-corrected chi connectivity index (χ0v) is 37.9. The average molecular weight is 843 g/mol. The Morgan fingerprint density at radius 3 is 1.19 bits per heavy atom. The van der Waals surface area contributed by atoms with Crippen molar-refractivity contribution in [1.29, 1.82) is 0 Å². The zero-order chi connectivity index (χ0) is 43.2. The maximum atomic E-state index is 7.26. The van der Waals surface area contributed by atoms with E-state index in [4.69, 9.17) is 9.47 Å². The van der Waals surface area contributed by atoms with Crippen LogP contribution in [-0.2, 0) is 26.2 Å². The monoisotopic (exact) mass is 843 g/mol. The summed E-state index contributed by atoms with van der Waals surface area (Å²) in [6, 6.07) is 33.8. The van der Waals surface area contributed by atoms with Gasteiger partial charge >= 0.3 is 6.03 Å².